The Bertz CT molecular complexity index is 238. The highest BCUT2D eigenvalue weighted by Crippen LogP contribution is 2.16. The Morgan fingerprint density at radius 3 is 2.92 bits per heavy atom. The molecule has 0 saturated heterocycles. The number of ether oxygens (including phenoxy) is 2. The molecule has 0 heterocycles. The van der Waals surface area contributed by atoms with Crippen LogP contribution in [0.4, 0.5) is 0 Å². The first-order valence-electron chi connectivity index (χ1n) is 3.79. The minimum atomic E-state index is 0.275. The average Bonchev–Trinajstić information content (AvgIpc) is 2.05. The van der Waals surface area contributed by atoms with Gasteiger partial charge in [-0.2, -0.15) is 0 Å². The van der Waals surface area contributed by atoms with Crippen LogP contribution in [0.2, 0.25) is 5.02 Å². The first kappa shape index (κ1) is 9.36. The van der Waals surface area contributed by atoms with Gasteiger partial charge in [-0.15, -0.1) is 0 Å². The van der Waals surface area contributed by atoms with Crippen LogP contribution in [0.3, 0.4) is 0 Å². The van der Waals surface area contributed by atoms with E-state index in [0.29, 0.717) is 11.6 Å². The first-order chi connectivity index (χ1) is 5.83. The molecule has 1 aromatic rings. The van der Waals surface area contributed by atoms with E-state index in [2.05, 4.69) is 0 Å². The molecule has 66 valence electrons. The summed E-state index contributed by atoms with van der Waals surface area (Å²) >= 11 is 5.74. The van der Waals surface area contributed by atoms with E-state index in [1.807, 2.05) is 19.1 Å². The highest BCUT2D eigenvalue weighted by Gasteiger charge is 1.92. The van der Waals surface area contributed by atoms with Gasteiger partial charge < -0.3 is 9.47 Å². The van der Waals surface area contributed by atoms with Crippen LogP contribution >= 0.6 is 11.6 Å². The molecule has 2 nitrogen and oxygen atoms in total. The van der Waals surface area contributed by atoms with Crippen molar-refractivity contribution in [3.05, 3.63) is 29.3 Å². The molecule has 0 amide bonds. The fourth-order valence-electron chi connectivity index (χ4n) is 0.750. The molecule has 0 atom stereocenters. The van der Waals surface area contributed by atoms with Gasteiger partial charge in [0.05, 0.1) is 0 Å². The lowest BCUT2D eigenvalue weighted by molar-refractivity contribution is 0.0224. The molecule has 0 saturated carbocycles. The third-order valence-electron chi connectivity index (χ3n) is 1.31. The van der Waals surface area contributed by atoms with Gasteiger partial charge in [0.15, 0.2) is 6.79 Å². The second-order valence-corrected chi connectivity index (χ2v) is 2.65. The van der Waals surface area contributed by atoms with E-state index in [9.17, 15) is 0 Å². The van der Waals surface area contributed by atoms with Crippen LogP contribution in [-0.2, 0) is 4.74 Å². The number of hydrogen-bond acceptors (Lipinski definition) is 2. The van der Waals surface area contributed by atoms with Crippen molar-refractivity contribution in [3.8, 4) is 5.75 Å². The lowest BCUT2D eigenvalue weighted by Crippen LogP contribution is -2.01. The number of halogens is 1. The smallest absolute Gasteiger partial charge is 0.189 e. The molecule has 0 aliphatic heterocycles. The van der Waals surface area contributed by atoms with Crippen molar-refractivity contribution >= 4 is 11.6 Å². The van der Waals surface area contributed by atoms with Crippen LogP contribution < -0.4 is 4.74 Å². The lowest BCUT2D eigenvalue weighted by Gasteiger charge is -2.04. The summed E-state index contributed by atoms with van der Waals surface area (Å²) in [4.78, 5) is 0. The second-order valence-electron chi connectivity index (χ2n) is 2.21. The number of benzene rings is 1. The molecular weight excluding hydrogens is 176 g/mol. The quantitative estimate of drug-likeness (QED) is 0.532. The van der Waals surface area contributed by atoms with Gasteiger partial charge >= 0.3 is 0 Å². The average molecular weight is 187 g/mol. The van der Waals surface area contributed by atoms with Crippen molar-refractivity contribution in [1.29, 1.82) is 0 Å². The summed E-state index contributed by atoms with van der Waals surface area (Å²) in [6.45, 7) is 2.85. The molecule has 0 radical (unpaired) electrons. The SMILES string of the molecule is CCOCOc1cccc(Cl)c1. The minimum Gasteiger partial charge on any atom is -0.468 e. The number of rotatable bonds is 4. The van der Waals surface area contributed by atoms with Crippen molar-refractivity contribution in [2.45, 2.75) is 6.92 Å². The maximum absolute atomic E-state index is 5.74. The summed E-state index contributed by atoms with van der Waals surface area (Å²) < 4.78 is 10.2. The van der Waals surface area contributed by atoms with Gasteiger partial charge in [0.2, 0.25) is 0 Å². The zero-order chi connectivity index (χ0) is 8.81. The summed E-state index contributed by atoms with van der Waals surface area (Å²) in [7, 11) is 0. The second kappa shape index (κ2) is 5.01. The van der Waals surface area contributed by atoms with Crippen LogP contribution in [0, 0.1) is 0 Å². The molecule has 0 aliphatic rings. The molecule has 1 rings (SSSR count). The van der Waals surface area contributed by atoms with E-state index in [1.54, 1.807) is 12.1 Å². The van der Waals surface area contributed by atoms with Crippen LogP contribution in [0.15, 0.2) is 24.3 Å². The summed E-state index contributed by atoms with van der Waals surface area (Å²) in [5, 5.41) is 0.670. The van der Waals surface area contributed by atoms with Crippen molar-refractivity contribution in [2.24, 2.45) is 0 Å². The van der Waals surface area contributed by atoms with Gasteiger partial charge in [0, 0.05) is 11.6 Å². The maximum Gasteiger partial charge on any atom is 0.189 e. The molecule has 0 spiro atoms. The third-order valence-corrected chi connectivity index (χ3v) is 1.54. The number of hydrogen-bond donors (Lipinski definition) is 0. The van der Waals surface area contributed by atoms with Gasteiger partial charge in [-0.1, -0.05) is 17.7 Å². The van der Waals surface area contributed by atoms with Gasteiger partial charge in [-0.3, -0.25) is 0 Å². The summed E-state index contributed by atoms with van der Waals surface area (Å²) in [6.07, 6.45) is 0. The zero-order valence-electron chi connectivity index (χ0n) is 6.92. The molecule has 1 aromatic carbocycles. The van der Waals surface area contributed by atoms with E-state index < -0.39 is 0 Å². The molecule has 0 bridgehead atoms. The Kier molecular flexibility index (Phi) is 3.91. The van der Waals surface area contributed by atoms with E-state index in [-0.39, 0.29) is 6.79 Å². The monoisotopic (exact) mass is 186 g/mol. The molecule has 0 unspecified atom stereocenters. The Morgan fingerprint density at radius 1 is 1.42 bits per heavy atom. The fraction of sp³-hybridized carbons (Fsp3) is 0.333. The topological polar surface area (TPSA) is 18.5 Å². The van der Waals surface area contributed by atoms with Crippen LogP contribution in [0.25, 0.3) is 0 Å². The standard InChI is InChI=1S/C9H11ClO2/c1-2-11-7-12-9-5-3-4-8(10)6-9/h3-6H,2,7H2,1H3. The van der Waals surface area contributed by atoms with Crippen molar-refractivity contribution < 1.29 is 9.47 Å². The summed E-state index contributed by atoms with van der Waals surface area (Å²) in [5.41, 5.74) is 0. The normalized spacial score (nSPS) is 9.83. The molecule has 0 fully saturated rings. The van der Waals surface area contributed by atoms with Crippen LogP contribution in [0.5, 0.6) is 5.75 Å². The molecule has 0 aliphatic carbocycles. The van der Waals surface area contributed by atoms with Crippen LogP contribution in [0.1, 0.15) is 6.92 Å². The molecule has 0 aromatic heterocycles. The maximum atomic E-state index is 5.74. The Labute approximate surface area is 77.1 Å². The Balaban J connectivity index is 2.41. The van der Waals surface area contributed by atoms with Crippen LogP contribution in [-0.4, -0.2) is 13.4 Å². The molecule has 0 N–H and O–H groups in total. The first-order valence-corrected chi connectivity index (χ1v) is 4.17. The summed E-state index contributed by atoms with van der Waals surface area (Å²) in [6, 6.07) is 7.23. The Morgan fingerprint density at radius 2 is 2.25 bits per heavy atom. The highest BCUT2D eigenvalue weighted by molar-refractivity contribution is 6.30. The molecule has 12 heavy (non-hydrogen) atoms. The Hall–Kier alpha value is -0.730. The zero-order valence-corrected chi connectivity index (χ0v) is 7.67. The predicted octanol–water partition coefficient (Wildman–Crippen LogP) is 2.71. The predicted molar refractivity (Wildman–Crippen MR) is 48.6 cm³/mol. The van der Waals surface area contributed by atoms with E-state index in [1.165, 1.54) is 0 Å². The highest BCUT2D eigenvalue weighted by atomic mass is 35.5. The minimum absolute atomic E-state index is 0.275. The van der Waals surface area contributed by atoms with Crippen molar-refractivity contribution in [2.75, 3.05) is 13.4 Å². The van der Waals surface area contributed by atoms with Gasteiger partial charge in [-0.25, -0.2) is 0 Å². The van der Waals surface area contributed by atoms with Crippen molar-refractivity contribution in [3.63, 3.8) is 0 Å². The van der Waals surface area contributed by atoms with E-state index >= 15 is 0 Å². The largest absolute Gasteiger partial charge is 0.468 e. The van der Waals surface area contributed by atoms with Crippen molar-refractivity contribution in [1.82, 2.24) is 0 Å². The fourth-order valence-corrected chi connectivity index (χ4v) is 0.930. The van der Waals surface area contributed by atoms with E-state index in [0.717, 1.165) is 5.75 Å². The summed E-state index contributed by atoms with van der Waals surface area (Å²) in [5.74, 6) is 0.732. The third kappa shape index (κ3) is 3.11. The van der Waals surface area contributed by atoms with E-state index in [4.69, 9.17) is 21.1 Å². The van der Waals surface area contributed by atoms with Gasteiger partial charge in [0.25, 0.3) is 0 Å². The van der Waals surface area contributed by atoms with Gasteiger partial charge in [-0.05, 0) is 25.1 Å². The lowest BCUT2D eigenvalue weighted by atomic mass is 10.3. The molecular formula is C9H11ClO2. The van der Waals surface area contributed by atoms with Gasteiger partial charge in [0.1, 0.15) is 5.75 Å². The molecule has 3 heteroatoms.